The summed E-state index contributed by atoms with van der Waals surface area (Å²) in [5, 5.41) is 3.90. The second-order valence-corrected chi connectivity index (χ2v) is 7.42. The molecule has 154 valence electrons. The van der Waals surface area contributed by atoms with Crippen molar-refractivity contribution in [3.05, 3.63) is 70.9 Å². The fourth-order valence-electron chi connectivity index (χ4n) is 3.85. The minimum Gasteiger partial charge on any atom is -0.361 e. The van der Waals surface area contributed by atoms with Crippen LogP contribution in [0.5, 0.6) is 0 Å². The molecule has 0 radical (unpaired) electrons. The topological polar surface area (TPSA) is 44.9 Å². The first-order valence-corrected chi connectivity index (χ1v) is 10.4. The van der Waals surface area contributed by atoms with Crippen molar-refractivity contribution < 1.29 is 13.6 Å². The first kappa shape index (κ1) is 21.0. The molecule has 0 spiro atoms. The van der Waals surface area contributed by atoms with Crippen LogP contribution in [0.1, 0.15) is 62.1 Å². The average Bonchev–Trinajstić information content (AvgIpc) is 3.14. The van der Waals surface area contributed by atoms with Gasteiger partial charge in [-0.15, -0.1) is 0 Å². The van der Waals surface area contributed by atoms with E-state index in [2.05, 4.69) is 30.2 Å². The van der Waals surface area contributed by atoms with Crippen molar-refractivity contribution in [3.63, 3.8) is 0 Å². The highest BCUT2D eigenvalue weighted by Crippen LogP contribution is 2.35. The highest BCUT2D eigenvalue weighted by Gasteiger charge is 2.24. The maximum absolute atomic E-state index is 14.7. The predicted octanol–water partition coefficient (Wildman–Crippen LogP) is 5.84. The molecule has 1 amide bonds. The summed E-state index contributed by atoms with van der Waals surface area (Å²) in [6, 6.07) is 9.58. The number of aryl methyl sites for hydroxylation is 1. The summed E-state index contributed by atoms with van der Waals surface area (Å²) in [5.41, 5.74) is 3.35. The molecule has 29 heavy (non-hydrogen) atoms. The minimum atomic E-state index is -0.630. The van der Waals surface area contributed by atoms with Gasteiger partial charge in [0.25, 0.3) is 0 Å². The minimum absolute atomic E-state index is 0.109. The van der Waals surface area contributed by atoms with Gasteiger partial charge in [0.2, 0.25) is 5.91 Å². The van der Waals surface area contributed by atoms with Crippen LogP contribution in [0.2, 0.25) is 0 Å². The summed E-state index contributed by atoms with van der Waals surface area (Å²) in [6.45, 7) is 4.80. The molecule has 1 heterocycles. The fraction of sp³-hybridized carbons (Fsp3) is 0.375. The summed E-state index contributed by atoms with van der Waals surface area (Å²) >= 11 is 0. The molecule has 0 unspecified atom stereocenters. The highest BCUT2D eigenvalue weighted by molar-refractivity contribution is 5.88. The zero-order valence-corrected chi connectivity index (χ0v) is 17.0. The van der Waals surface area contributed by atoms with Crippen LogP contribution in [0, 0.1) is 11.6 Å². The zero-order chi connectivity index (χ0) is 20.8. The number of fused-ring (bicyclic) bond motifs is 1. The molecule has 0 aliphatic carbocycles. The third-order valence-electron chi connectivity index (χ3n) is 5.42. The summed E-state index contributed by atoms with van der Waals surface area (Å²) in [4.78, 5) is 15.9. The van der Waals surface area contributed by atoms with Crippen molar-refractivity contribution in [2.45, 2.75) is 51.9 Å². The van der Waals surface area contributed by atoms with Gasteiger partial charge in [-0.25, -0.2) is 8.78 Å². The van der Waals surface area contributed by atoms with Crippen molar-refractivity contribution in [2.24, 2.45) is 0 Å². The number of carbonyl (C=O) groups is 1. The van der Waals surface area contributed by atoms with Gasteiger partial charge in [-0.3, -0.25) is 4.79 Å². The molecule has 1 atom stereocenters. The number of H-pyrrole nitrogens is 1. The lowest BCUT2D eigenvalue weighted by Gasteiger charge is -2.18. The number of hydrogen-bond acceptors (Lipinski definition) is 1. The molecule has 0 saturated heterocycles. The zero-order valence-electron chi connectivity index (χ0n) is 17.0. The molecule has 0 fully saturated rings. The number of unbranched alkanes of at least 4 members (excludes halogenated alkanes) is 2. The van der Waals surface area contributed by atoms with Crippen molar-refractivity contribution in [1.82, 2.24) is 10.3 Å². The molecule has 0 aliphatic heterocycles. The molecule has 3 aromatic rings. The van der Waals surface area contributed by atoms with Crippen LogP contribution < -0.4 is 5.32 Å². The molecule has 3 rings (SSSR count). The Morgan fingerprint density at radius 2 is 1.93 bits per heavy atom. The molecule has 5 heteroatoms. The SMILES string of the molecule is CCCCCNC(=O)C[C@H](c1ccc(F)cc1F)c1c[nH]c2c(CC)cccc12. The number of aromatic nitrogens is 1. The molecular formula is C24H28F2N2O. The summed E-state index contributed by atoms with van der Waals surface area (Å²) in [5.74, 6) is -1.88. The number of nitrogens with one attached hydrogen (secondary N) is 2. The van der Waals surface area contributed by atoms with E-state index in [0.29, 0.717) is 12.1 Å². The van der Waals surface area contributed by atoms with Gasteiger partial charge in [-0.1, -0.05) is 51.0 Å². The van der Waals surface area contributed by atoms with Crippen LogP contribution in [0.25, 0.3) is 10.9 Å². The lowest BCUT2D eigenvalue weighted by atomic mass is 9.87. The van der Waals surface area contributed by atoms with Gasteiger partial charge < -0.3 is 10.3 Å². The van der Waals surface area contributed by atoms with E-state index >= 15 is 0 Å². The molecule has 3 nitrogen and oxygen atoms in total. The molecule has 0 aliphatic rings. The van der Waals surface area contributed by atoms with Crippen LogP contribution in [0.4, 0.5) is 8.78 Å². The number of halogens is 2. The van der Waals surface area contributed by atoms with Crippen LogP contribution in [0.15, 0.2) is 42.6 Å². The third kappa shape index (κ3) is 4.84. The fourth-order valence-corrected chi connectivity index (χ4v) is 3.85. The van der Waals surface area contributed by atoms with Gasteiger partial charge in [0.1, 0.15) is 11.6 Å². The lowest BCUT2D eigenvalue weighted by Crippen LogP contribution is -2.26. The van der Waals surface area contributed by atoms with Crippen LogP contribution in [-0.4, -0.2) is 17.4 Å². The smallest absolute Gasteiger partial charge is 0.220 e. The Hall–Kier alpha value is -2.69. The van der Waals surface area contributed by atoms with Gasteiger partial charge >= 0.3 is 0 Å². The number of hydrogen-bond donors (Lipinski definition) is 2. The normalized spacial score (nSPS) is 12.3. The summed E-state index contributed by atoms with van der Waals surface area (Å²) < 4.78 is 28.1. The molecule has 0 bridgehead atoms. The molecule has 0 saturated carbocycles. The van der Waals surface area contributed by atoms with Crippen molar-refractivity contribution in [3.8, 4) is 0 Å². The molecular weight excluding hydrogens is 370 g/mol. The van der Waals surface area contributed by atoms with E-state index in [1.807, 2.05) is 18.3 Å². The number of benzene rings is 2. The van der Waals surface area contributed by atoms with E-state index < -0.39 is 17.6 Å². The van der Waals surface area contributed by atoms with E-state index in [-0.39, 0.29) is 12.3 Å². The summed E-state index contributed by atoms with van der Waals surface area (Å²) in [7, 11) is 0. The third-order valence-corrected chi connectivity index (χ3v) is 5.42. The maximum Gasteiger partial charge on any atom is 0.220 e. The van der Waals surface area contributed by atoms with Crippen LogP contribution >= 0.6 is 0 Å². The number of aromatic amines is 1. The standard InChI is InChI=1S/C24H28F2N2O/c1-3-5-6-12-27-23(29)14-20(18-11-10-17(25)13-22(18)26)21-15-28-24-16(4-2)8-7-9-19(21)24/h7-11,13,15,20,28H,3-6,12,14H2,1-2H3,(H,27,29)/t20-/m1/s1. The lowest BCUT2D eigenvalue weighted by molar-refractivity contribution is -0.121. The number of carbonyl (C=O) groups excluding carboxylic acids is 1. The number of amides is 1. The predicted molar refractivity (Wildman–Crippen MR) is 113 cm³/mol. The Kier molecular flexibility index (Phi) is 7.02. The van der Waals surface area contributed by atoms with E-state index in [9.17, 15) is 13.6 Å². The Labute approximate surface area is 170 Å². The van der Waals surface area contributed by atoms with Crippen molar-refractivity contribution in [1.29, 1.82) is 0 Å². The molecule has 1 aromatic heterocycles. The quantitative estimate of drug-likeness (QED) is 0.437. The van der Waals surface area contributed by atoms with Gasteiger partial charge in [0, 0.05) is 42.0 Å². The van der Waals surface area contributed by atoms with E-state index in [1.165, 1.54) is 12.1 Å². The Morgan fingerprint density at radius 3 is 2.66 bits per heavy atom. The second-order valence-electron chi connectivity index (χ2n) is 7.42. The summed E-state index contributed by atoms with van der Waals surface area (Å²) in [6.07, 6.45) is 5.88. The number of rotatable bonds is 9. The molecule has 2 aromatic carbocycles. The second kappa shape index (κ2) is 9.68. The Balaban J connectivity index is 1.96. The average molecular weight is 398 g/mol. The van der Waals surface area contributed by atoms with Crippen molar-refractivity contribution >= 4 is 16.8 Å². The Morgan fingerprint density at radius 1 is 1.10 bits per heavy atom. The van der Waals surface area contributed by atoms with E-state index in [0.717, 1.165) is 53.8 Å². The van der Waals surface area contributed by atoms with Gasteiger partial charge in [-0.05, 0) is 35.6 Å². The Bertz CT molecular complexity index is 980. The van der Waals surface area contributed by atoms with Gasteiger partial charge in [0.05, 0.1) is 0 Å². The van der Waals surface area contributed by atoms with Gasteiger partial charge in [-0.2, -0.15) is 0 Å². The van der Waals surface area contributed by atoms with Crippen LogP contribution in [0.3, 0.4) is 0 Å². The maximum atomic E-state index is 14.7. The van der Waals surface area contributed by atoms with Crippen LogP contribution in [-0.2, 0) is 11.2 Å². The first-order chi connectivity index (χ1) is 14.0. The van der Waals surface area contributed by atoms with Gasteiger partial charge in [0.15, 0.2) is 0 Å². The van der Waals surface area contributed by atoms with E-state index in [4.69, 9.17) is 0 Å². The first-order valence-electron chi connectivity index (χ1n) is 10.4. The monoisotopic (exact) mass is 398 g/mol. The number of para-hydroxylation sites is 1. The molecule has 2 N–H and O–H groups in total. The van der Waals surface area contributed by atoms with E-state index in [1.54, 1.807) is 0 Å². The van der Waals surface area contributed by atoms with Crippen molar-refractivity contribution in [2.75, 3.05) is 6.54 Å². The largest absolute Gasteiger partial charge is 0.361 e. The highest BCUT2D eigenvalue weighted by atomic mass is 19.1.